The maximum absolute atomic E-state index is 13.3. The second kappa shape index (κ2) is 4.57. The third kappa shape index (κ3) is 2.76. The Morgan fingerprint density at radius 1 is 1.44 bits per heavy atom. The molecule has 3 nitrogen and oxygen atoms in total. The maximum Gasteiger partial charge on any atom is 0.129 e. The van der Waals surface area contributed by atoms with Crippen molar-refractivity contribution in [2.75, 3.05) is 0 Å². The van der Waals surface area contributed by atoms with Gasteiger partial charge in [-0.1, -0.05) is 6.07 Å². The number of hydrogen-bond acceptors (Lipinski definition) is 2. The van der Waals surface area contributed by atoms with E-state index in [1.807, 2.05) is 0 Å². The van der Waals surface area contributed by atoms with Gasteiger partial charge in [0.1, 0.15) is 17.5 Å². The van der Waals surface area contributed by atoms with E-state index in [0.29, 0.717) is 17.4 Å². The standard InChI is InChI=1S/C11H13F2N3/c12-8-2-1-7(10(13)6-8)5-11(16-14)15-9-3-4-9/h1-2,6,9H,3-5,14H2,(H,15,16). The summed E-state index contributed by atoms with van der Waals surface area (Å²) in [6.07, 6.45) is 2.37. The van der Waals surface area contributed by atoms with Crippen molar-refractivity contribution in [2.24, 2.45) is 10.8 Å². The molecule has 0 bridgehead atoms. The summed E-state index contributed by atoms with van der Waals surface area (Å²) in [6.45, 7) is 0. The second-order valence-electron chi connectivity index (χ2n) is 3.86. The topological polar surface area (TPSA) is 50.4 Å². The van der Waals surface area contributed by atoms with Crippen LogP contribution >= 0.6 is 0 Å². The highest BCUT2D eigenvalue weighted by Gasteiger charge is 2.21. The highest BCUT2D eigenvalue weighted by Crippen LogP contribution is 2.23. The molecule has 0 spiro atoms. The zero-order valence-corrected chi connectivity index (χ0v) is 8.71. The van der Waals surface area contributed by atoms with Gasteiger partial charge >= 0.3 is 0 Å². The molecule has 0 aromatic heterocycles. The van der Waals surface area contributed by atoms with Gasteiger partial charge in [-0.05, 0) is 24.5 Å². The highest BCUT2D eigenvalue weighted by molar-refractivity contribution is 5.84. The van der Waals surface area contributed by atoms with Crippen molar-refractivity contribution >= 4 is 5.84 Å². The van der Waals surface area contributed by atoms with Crippen molar-refractivity contribution in [3.63, 3.8) is 0 Å². The SMILES string of the molecule is NNC(Cc1ccc(F)cc1F)=NC1CC1. The molecule has 0 saturated heterocycles. The van der Waals surface area contributed by atoms with Crippen LogP contribution in [0.25, 0.3) is 0 Å². The Bertz CT molecular complexity index is 414. The van der Waals surface area contributed by atoms with Crippen molar-refractivity contribution in [1.82, 2.24) is 5.43 Å². The molecule has 86 valence electrons. The number of aliphatic imine (C=N–C) groups is 1. The monoisotopic (exact) mass is 225 g/mol. The molecule has 3 N–H and O–H groups in total. The van der Waals surface area contributed by atoms with Gasteiger partial charge in [-0.3, -0.25) is 4.99 Å². The number of nitrogens with two attached hydrogens (primary N) is 1. The van der Waals surface area contributed by atoms with Gasteiger partial charge in [0.25, 0.3) is 0 Å². The van der Waals surface area contributed by atoms with Crippen molar-refractivity contribution in [1.29, 1.82) is 0 Å². The number of amidine groups is 1. The zero-order valence-electron chi connectivity index (χ0n) is 8.71. The minimum absolute atomic E-state index is 0.263. The van der Waals surface area contributed by atoms with Crippen molar-refractivity contribution in [3.05, 3.63) is 35.4 Å². The first-order valence-corrected chi connectivity index (χ1v) is 5.16. The van der Waals surface area contributed by atoms with E-state index in [9.17, 15) is 8.78 Å². The molecule has 1 aromatic carbocycles. The Hall–Kier alpha value is -1.49. The van der Waals surface area contributed by atoms with Gasteiger partial charge in [-0.2, -0.15) is 0 Å². The van der Waals surface area contributed by atoms with Gasteiger partial charge in [0.15, 0.2) is 0 Å². The number of benzene rings is 1. The predicted octanol–water partition coefficient (Wildman–Crippen LogP) is 1.53. The number of rotatable bonds is 3. The van der Waals surface area contributed by atoms with Gasteiger partial charge in [-0.15, -0.1) is 0 Å². The van der Waals surface area contributed by atoms with E-state index in [2.05, 4.69) is 10.4 Å². The summed E-state index contributed by atoms with van der Waals surface area (Å²) < 4.78 is 26.0. The Morgan fingerprint density at radius 3 is 2.75 bits per heavy atom. The number of hydrazine groups is 1. The summed E-state index contributed by atoms with van der Waals surface area (Å²) in [5, 5.41) is 0. The smallest absolute Gasteiger partial charge is 0.129 e. The summed E-state index contributed by atoms with van der Waals surface area (Å²) in [6, 6.07) is 3.81. The molecule has 1 aliphatic rings. The Labute approximate surface area is 92.3 Å². The quantitative estimate of drug-likeness (QED) is 0.355. The molecule has 0 unspecified atom stereocenters. The van der Waals surface area contributed by atoms with Gasteiger partial charge in [0.2, 0.25) is 0 Å². The van der Waals surface area contributed by atoms with Crippen LogP contribution in [0.5, 0.6) is 0 Å². The van der Waals surface area contributed by atoms with Crippen LogP contribution in [-0.2, 0) is 6.42 Å². The van der Waals surface area contributed by atoms with Crippen molar-refractivity contribution in [2.45, 2.75) is 25.3 Å². The third-order valence-electron chi connectivity index (χ3n) is 2.42. The predicted molar refractivity (Wildman–Crippen MR) is 57.8 cm³/mol. The summed E-state index contributed by atoms with van der Waals surface area (Å²) in [5.74, 6) is 4.68. The van der Waals surface area contributed by atoms with E-state index in [1.54, 1.807) is 0 Å². The first-order chi connectivity index (χ1) is 7.69. The highest BCUT2D eigenvalue weighted by atomic mass is 19.1. The lowest BCUT2D eigenvalue weighted by Crippen LogP contribution is -2.32. The molecule has 0 amide bonds. The lowest BCUT2D eigenvalue weighted by molar-refractivity contribution is 0.575. The van der Waals surface area contributed by atoms with Crippen LogP contribution < -0.4 is 11.3 Å². The van der Waals surface area contributed by atoms with Crippen LogP contribution in [0, 0.1) is 11.6 Å². The van der Waals surface area contributed by atoms with E-state index < -0.39 is 11.6 Å². The molecule has 1 aliphatic carbocycles. The Balaban J connectivity index is 2.12. The molecule has 0 radical (unpaired) electrons. The fourth-order valence-corrected chi connectivity index (χ4v) is 1.40. The molecule has 0 atom stereocenters. The van der Waals surface area contributed by atoms with Gasteiger partial charge in [-0.25, -0.2) is 14.6 Å². The Kier molecular flexibility index (Phi) is 3.14. The van der Waals surface area contributed by atoms with Gasteiger partial charge in [0, 0.05) is 12.5 Å². The largest absolute Gasteiger partial charge is 0.312 e. The molecule has 1 saturated carbocycles. The van der Waals surface area contributed by atoms with E-state index in [-0.39, 0.29) is 6.42 Å². The lowest BCUT2D eigenvalue weighted by atomic mass is 10.1. The zero-order chi connectivity index (χ0) is 11.5. The molecule has 1 aromatic rings. The van der Waals surface area contributed by atoms with Crippen LogP contribution in [0.3, 0.4) is 0 Å². The summed E-state index contributed by atoms with van der Waals surface area (Å²) in [5.41, 5.74) is 2.84. The first kappa shape index (κ1) is 11.0. The normalized spacial score (nSPS) is 16.3. The van der Waals surface area contributed by atoms with Crippen LogP contribution in [0.1, 0.15) is 18.4 Å². The molecule has 0 heterocycles. The molecular formula is C11H13F2N3. The van der Waals surface area contributed by atoms with E-state index in [0.717, 1.165) is 18.9 Å². The van der Waals surface area contributed by atoms with E-state index in [1.165, 1.54) is 12.1 Å². The minimum Gasteiger partial charge on any atom is -0.312 e. The van der Waals surface area contributed by atoms with Crippen molar-refractivity contribution < 1.29 is 8.78 Å². The summed E-state index contributed by atoms with van der Waals surface area (Å²) in [4.78, 5) is 4.29. The maximum atomic E-state index is 13.3. The minimum atomic E-state index is -0.581. The third-order valence-corrected chi connectivity index (χ3v) is 2.42. The molecule has 1 fully saturated rings. The number of hydrogen-bond donors (Lipinski definition) is 2. The molecule has 0 aliphatic heterocycles. The number of nitrogens with one attached hydrogen (secondary N) is 1. The summed E-state index contributed by atoms with van der Waals surface area (Å²) >= 11 is 0. The number of halogens is 2. The fraction of sp³-hybridized carbons (Fsp3) is 0.364. The second-order valence-corrected chi connectivity index (χ2v) is 3.86. The molecule has 16 heavy (non-hydrogen) atoms. The lowest BCUT2D eigenvalue weighted by Gasteiger charge is -2.06. The fourth-order valence-electron chi connectivity index (χ4n) is 1.40. The van der Waals surface area contributed by atoms with E-state index in [4.69, 9.17) is 5.84 Å². The first-order valence-electron chi connectivity index (χ1n) is 5.16. The molecule has 5 heteroatoms. The van der Waals surface area contributed by atoms with Crippen LogP contribution in [0.4, 0.5) is 8.78 Å². The van der Waals surface area contributed by atoms with Crippen LogP contribution in [0.2, 0.25) is 0 Å². The van der Waals surface area contributed by atoms with Crippen LogP contribution in [-0.4, -0.2) is 11.9 Å². The van der Waals surface area contributed by atoms with Gasteiger partial charge in [0.05, 0.1) is 6.04 Å². The molecular weight excluding hydrogens is 212 g/mol. The summed E-state index contributed by atoms with van der Waals surface area (Å²) in [7, 11) is 0. The average Bonchev–Trinajstić information content (AvgIpc) is 3.04. The number of nitrogens with zero attached hydrogens (tertiary/aromatic N) is 1. The van der Waals surface area contributed by atoms with E-state index >= 15 is 0 Å². The average molecular weight is 225 g/mol. The van der Waals surface area contributed by atoms with Crippen molar-refractivity contribution in [3.8, 4) is 0 Å². The van der Waals surface area contributed by atoms with Crippen LogP contribution in [0.15, 0.2) is 23.2 Å². The van der Waals surface area contributed by atoms with Gasteiger partial charge < -0.3 is 5.43 Å². The molecule has 2 rings (SSSR count). The Morgan fingerprint density at radius 2 is 2.19 bits per heavy atom.